The zero-order chi connectivity index (χ0) is 7.72. The van der Waals surface area contributed by atoms with Crippen LogP contribution >= 0.6 is 0 Å². The standard InChI is InChI=1S/C8H18N2/c1-7-5-6-9(3)8(2)10(7)4/h7-8H,5-6H2,1-4H3. The maximum atomic E-state index is 2.42. The van der Waals surface area contributed by atoms with Crippen LogP contribution in [0.3, 0.4) is 0 Å². The Balaban J connectivity index is 2.52. The molecule has 1 aliphatic heterocycles. The highest BCUT2D eigenvalue weighted by Gasteiger charge is 2.24. The first kappa shape index (κ1) is 8.02. The van der Waals surface area contributed by atoms with Gasteiger partial charge < -0.3 is 0 Å². The van der Waals surface area contributed by atoms with Crippen molar-refractivity contribution in [2.45, 2.75) is 32.5 Å². The summed E-state index contributed by atoms with van der Waals surface area (Å²) in [5.41, 5.74) is 0. The molecule has 1 saturated heterocycles. The van der Waals surface area contributed by atoms with Crippen LogP contribution in [-0.4, -0.2) is 42.6 Å². The molecule has 2 nitrogen and oxygen atoms in total. The molecule has 60 valence electrons. The molecule has 0 aromatic heterocycles. The van der Waals surface area contributed by atoms with Gasteiger partial charge in [-0.3, -0.25) is 9.80 Å². The molecular formula is C8H18N2. The van der Waals surface area contributed by atoms with Crippen molar-refractivity contribution in [2.75, 3.05) is 20.6 Å². The first-order valence-corrected chi connectivity index (χ1v) is 4.05. The second kappa shape index (κ2) is 2.89. The van der Waals surface area contributed by atoms with Crippen molar-refractivity contribution in [1.82, 2.24) is 9.80 Å². The topological polar surface area (TPSA) is 6.48 Å². The average Bonchev–Trinajstić information content (AvgIpc) is 1.93. The minimum Gasteiger partial charge on any atom is -0.291 e. The first-order chi connectivity index (χ1) is 4.63. The molecule has 2 unspecified atom stereocenters. The zero-order valence-electron chi connectivity index (χ0n) is 7.46. The highest BCUT2D eigenvalue weighted by Crippen LogP contribution is 2.15. The predicted molar refractivity (Wildman–Crippen MR) is 43.9 cm³/mol. The quantitative estimate of drug-likeness (QED) is 0.497. The highest BCUT2D eigenvalue weighted by atomic mass is 15.4. The summed E-state index contributed by atoms with van der Waals surface area (Å²) in [5, 5.41) is 0. The molecule has 0 amide bonds. The average molecular weight is 142 g/mol. The van der Waals surface area contributed by atoms with Gasteiger partial charge in [0.15, 0.2) is 0 Å². The number of nitrogens with zero attached hydrogens (tertiary/aromatic N) is 2. The summed E-state index contributed by atoms with van der Waals surface area (Å²) in [5.74, 6) is 0. The van der Waals surface area contributed by atoms with Gasteiger partial charge in [0.1, 0.15) is 0 Å². The zero-order valence-corrected chi connectivity index (χ0v) is 7.46. The van der Waals surface area contributed by atoms with E-state index >= 15 is 0 Å². The Labute approximate surface area is 63.8 Å². The lowest BCUT2D eigenvalue weighted by Gasteiger charge is -2.42. The normalized spacial score (nSPS) is 38.4. The Morgan fingerprint density at radius 2 is 1.80 bits per heavy atom. The molecule has 1 rings (SSSR count). The molecule has 0 aliphatic carbocycles. The van der Waals surface area contributed by atoms with E-state index in [9.17, 15) is 0 Å². The van der Waals surface area contributed by atoms with E-state index in [1.54, 1.807) is 0 Å². The fourth-order valence-corrected chi connectivity index (χ4v) is 1.46. The molecular weight excluding hydrogens is 124 g/mol. The van der Waals surface area contributed by atoms with Crippen LogP contribution in [0.5, 0.6) is 0 Å². The van der Waals surface area contributed by atoms with Gasteiger partial charge in [0.25, 0.3) is 0 Å². The molecule has 0 spiro atoms. The van der Waals surface area contributed by atoms with E-state index in [1.807, 2.05) is 0 Å². The molecule has 0 bridgehead atoms. The molecule has 0 aromatic carbocycles. The molecule has 1 heterocycles. The van der Waals surface area contributed by atoms with Gasteiger partial charge in [0, 0.05) is 12.6 Å². The minimum absolute atomic E-state index is 0.615. The summed E-state index contributed by atoms with van der Waals surface area (Å²) in [6.45, 7) is 5.80. The Hall–Kier alpha value is -0.0800. The molecule has 2 heteroatoms. The van der Waals surface area contributed by atoms with Gasteiger partial charge in [-0.15, -0.1) is 0 Å². The molecule has 0 radical (unpaired) electrons. The van der Waals surface area contributed by atoms with Crippen LogP contribution in [0, 0.1) is 0 Å². The fourth-order valence-electron chi connectivity index (χ4n) is 1.46. The number of hydrogen-bond acceptors (Lipinski definition) is 2. The smallest absolute Gasteiger partial charge is 0.0590 e. The summed E-state index contributed by atoms with van der Waals surface area (Å²) >= 11 is 0. The molecule has 0 N–H and O–H groups in total. The molecule has 1 fully saturated rings. The monoisotopic (exact) mass is 142 g/mol. The van der Waals surface area contributed by atoms with E-state index in [0.717, 1.165) is 6.04 Å². The molecule has 10 heavy (non-hydrogen) atoms. The number of rotatable bonds is 0. The Morgan fingerprint density at radius 3 is 2.30 bits per heavy atom. The summed E-state index contributed by atoms with van der Waals surface area (Å²) in [7, 11) is 4.39. The number of hydrogen-bond donors (Lipinski definition) is 0. The third-order valence-corrected chi connectivity index (χ3v) is 2.82. The van der Waals surface area contributed by atoms with Crippen LogP contribution in [0.15, 0.2) is 0 Å². The Kier molecular flexibility index (Phi) is 2.32. The highest BCUT2D eigenvalue weighted by molar-refractivity contribution is 4.76. The molecule has 2 atom stereocenters. The van der Waals surface area contributed by atoms with E-state index in [0.29, 0.717) is 6.17 Å². The SMILES string of the molecule is CC1CCN(C)C(C)N1C. The lowest BCUT2D eigenvalue weighted by Crippen LogP contribution is -2.52. The van der Waals surface area contributed by atoms with Crippen LogP contribution in [0.25, 0.3) is 0 Å². The maximum absolute atomic E-state index is 2.42. The van der Waals surface area contributed by atoms with E-state index in [4.69, 9.17) is 0 Å². The molecule has 0 saturated carbocycles. The van der Waals surface area contributed by atoms with Crippen LogP contribution in [-0.2, 0) is 0 Å². The van der Waals surface area contributed by atoms with Gasteiger partial charge in [0.2, 0.25) is 0 Å². The van der Waals surface area contributed by atoms with Gasteiger partial charge in [-0.2, -0.15) is 0 Å². The van der Waals surface area contributed by atoms with Gasteiger partial charge in [-0.1, -0.05) is 0 Å². The first-order valence-electron chi connectivity index (χ1n) is 4.05. The van der Waals surface area contributed by atoms with Crippen LogP contribution in [0.1, 0.15) is 20.3 Å². The minimum atomic E-state index is 0.615. The predicted octanol–water partition coefficient (Wildman–Crippen LogP) is 0.988. The Bertz CT molecular complexity index is 99.8. The van der Waals surface area contributed by atoms with E-state index in [-0.39, 0.29) is 0 Å². The summed E-state index contributed by atoms with van der Waals surface area (Å²) in [4.78, 5) is 4.81. The van der Waals surface area contributed by atoms with E-state index in [1.165, 1.54) is 13.0 Å². The molecule has 0 aromatic rings. The van der Waals surface area contributed by atoms with Gasteiger partial charge in [0.05, 0.1) is 6.17 Å². The second-order valence-corrected chi connectivity index (χ2v) is 3.42. The van der Waals surface area contributed by atoms with Crippen LogP contribution in [0.2, 0.25) is 0 Å². The van der Waals surface area contributed by atoms with E-state index < -0.39 is 0 Å². The summed E-state index contributed by atoms with van der Waals surface area (Å²) in [6.07, 6.45) is 1.92. The van der Waals surface area contributed by atoms with Crippen molar-refractivity contribution in [3.63, 3.8) is 0 Å². The van der Waals surface area contributed by atoms with Gasteiger partial charge in [-0.25, -0.2) is 0 Å². The summed E-state index contributed by atoms with van der Waals surface area (Å²) in [6, 6.07) is 0.756. The lowest BCUT2D eigenvalue weighted by molar-refractivity contribution is 0.0189. The van der Waals surface area contributed by atoms with E-state index in [2.05, 4.69) is 37.7 Å². The third-order valence-electron chi connectivity index (χ3n) is 2.82. The second-order valence-electron chi connectivity index (χ2n) is 3.42. The van der Waals surface area contributed by atoms with Crippen molar-refractivity contribution in [1.29, 1.82) is 0 Å². The Morgan fingerprint density at radius 1 is 1.20 bits per heavy atom. The van der Waals surface area contributed by atoms with Crippen molar-refractivity contribution in [3.05, 3.63) is 0 Å². The molecule has 1 aliphatic rings. The third kappa shape index (κ3) is 1.32. The van der Waals surface area contributed by atoms with Crippen LogP contribution in [0.4, 0.5) is 0 Å². The fraction of sp³-hybridized carbons (Fsp3) is 1.00. The van der Waals surface area contributed by atoms with Crippen molar-refractivity contribution >= 4 is 0 Å². The van der Waals surface area contributed by atoms with Crippen LogP contribution < -0.4 is 0 Å². The van der Waals surface area contributed by atoms with Gasteiger partial charge in [-0.05, 0) is 34.4 Å². The lowest BCUT2D eigenvalue weighted by atomic mass is 10.1. The largest absolute Gasteiger partial charge is 0.291 e. The van der Waals surface area contributed by atoms with Gasteiger partial charge >= 0.3 is 0 Å². The maximum Gasteiger partial charge on any atom is 0.0590 e. The van der Waals surface area contributed by atoms with Crippen molar-refractivity contribution in [3.8, 4) is 0 Å². The van der Waals surface area contributed by atoms with Crippen molar-refractivity contribution in [2.24, 2.45) is 0 Å². The summed E-state index contributed by atoms with van der Waals surface area (Å²) < 4.78 is 0. The van der Waals surface area contributed by atoms with Crippen molar-refractivity contribution < 1.29 is 0 Å².